The lowest BCUT2D eigenvalue weighted by Gasteiger charge is -2.13. The number of benzene rings is 1. The van der Waals surface area contributed by atoms with Gasteiger partial charge in [0.05, 0.1) is 29.9 Å². The molecule has 0 bridgehead atoms. The number of ether oxygens (including phenoxy) is 1. The van der Waals surface area contributed by atoms with Gasteiger partial charge in [-0.25, -0.2) is 4.79 Å². The molecule has 0 saturated heterocycles. The molecule has 0 aliphatic rings. The van der Waals surface area contributed by atoms with Gasteiger partial charge in [-0.15, -0.1) is 0 Å². The van der Waals surface area contributed by atoms with Crippen molar-refractivity contribution < 1.29 is 24.2 Å². The molecular weight excluding hydrogens is 300 g/mol. The average Bonchev–Trinajstić information content (AvgIpc) is 2.56. The van der Waals surface area contributed by atoms with Crippen LogP contribution in [0.25, 0.3) is 0 Å². The highest BCUT2D eigenvalue weighted by Gasteiger charge is 2.16. The van der Waals surface area contributed by atoms with E-state index in [1.54, 1.807) is 25.1 Å². The molecule has 0 radical (unpaired) electrons. The van der Waals surface area contributed by atoms with Crippen LogP contribution in [0.15, 0.2) is 36.5 Å². The SMILES string of the molecule is COC(=O)c1cccc(NC(=O)c2cccnc2C(=O)[O-])c1C. The third-order valence-electron chi connectivity index (χ3n) is 3.23. The van der Waals surface area contributed by atoms with E-state index >= 15 is 0 Å². The number of amides is 1. The first-order valence-electron chi connectivity index (χ1n) is 6.61. The number of esters is 1. The van der Waals surface area contributed by atoms with Crippen molar-refractivity contribution in [3.63, 3.8) is 0 Å². The minimum absolute atomic E-state index is 0.129. The molecule has 7 heteroatoms. The van der Waals surface area contributed by atoms with E-state index < -0.39 is 23.5 Å². The van der Waals surface area contributed by atoms with E-state index in [4.69, 9.17) is 0 Å². The maximum Gasteiger partial charge on any atom is 0.338 e. The Balaban J connectivity index is 2.35. The van der Waals surface area contributed by atoms with Crippen LogP contribution in [0.4, 0.5) is 5.69 Å². The Morgan fingerprint density at radius 2 is 1.83 bits per heavy atom. The van der Waals surface area contributed by atoms with E-state index in [1.807, 2.05) is 0 Å². The van der Waals surface area contributed by atoms with Gasteiger partial charge >= 0.3 is 5.97 Å². The summed E-state index contributed by atoms with van der Waals surface area (Å²) in [5.74, 6) is -2.74. The van der Waals surface area contributed by atoms with E-state index in [0.29, 0.717) is 16.8 Å². The van der Waals surface area contributed by atoms with Crippen molar-refractivity contribution in [2.45, 2.75) is 6.92 Å². The highest BCUT2D eigenvalue weighted by molar-refractivity contribution is 6.10. The number of nitrogens with zero attached hydrogens (tertiary/aromatic N) is 1. The molecule has 0 spiro atoms. The van der Waals surface area contributed by atoms with Crippen LogP contribution >= 0.6 is 0 Å². The summed E-state index contributed by atoms with van der Waals surface area (Å²) in [6, 6.07) is 7.51. The van der Waals surface area contributed by atoms with Gasteiger partial charge in [-0.1, -0.05) is 6.07 Å². The summed E-state index contributed by atoms with van der Waals surface area (Å²) in [6.07, 6.45) is 1.25. The minimum atomic E-state index is -1.55. The Morgan fingerprint density at radius 3 is 2.48 bits per heavy atom. The van der Waals surface area contributed by atoms with E-state index in [0.717, 1.165) is 0 Å². The standard InChI is InChI=1S/C16H14N2O5/c1-9-10(16(22)23-2)5-3-7-12(9)18-14(19)11-6-4-8-17-13(11)15(20)21/h3-8H,1-2H3,(H,18,19)(H,20,21)/p-1. The fourth-order valence-corrected chi connectivity index (χ4v) is 2.04. The minimum Gasteiger partial charge on any atom is -0.543 e. The summed E-state index contributed by atoms with van der Waals surface area (Å²) in [7, 11) is 1.26. The Morgan fingerprint density at radius 1 is 1.13 bits per heavy atom. The van der Waals surface area contributed by atoms with Gasteiger partial charge < -0.3 is 20.0 Å². The molecule has 0 unspecified atom stereocenters. The van der Waals surface area contributed by atoms with E-state index in [-0.39, 0.29) is 5.56 Å². The predicted octanol–water partition coefficient (Wildman–Crippen LogP) is 0.792. The van der Waals surface area contributed by atoms with E-state index in [1.165, 1.54) is 25.4 Å². The smallest absolute Gasteiger partial charge is 0.338 e. The topological polar surface area (TPSA) is 108 Å². The Kier molecular flexibility index (Phi) is 4.70. The van der Waals surface area contributed by atoms with Crippen molar-refractivity contribution in [1.82, 2.24) is 4.98 Å². The lowest BCUT2D eigenvalue weighted by atomic mass is 10.1. The number of aromatic carboxylic acids is 1. The van der Waals surface area contributed by atoms with Crippen LogP contribution in [0.5, 0.6) is 0 Å². The van der Waals surface area contributed by atoms with E-state index in [2.05, 4.69) is 15.0 Å². The maximum absolute atomic E-state index is 12.3. The number of carbonyl (C=O) groups excluding carboxylic acids is 3. The summed E-state index contributed by atoms with van der Waals surface area (Å²) < 4.78 is 4.66. The molecule has 0 saturated carbocycles. The number of pyridine rings is 1. The number of aromatic nitrogens is 1. The second-order valence-corrected chi connectivity index (χ2v) is 4.61. The molecule has 0 aliphatic carbocycles. The van der Waals surface area contributed by atoms with Crippen LogP contribution in [-0.4, -0.2) is 29.9 Å². The molecule has 1 amide bonds. The third-order valence-corrected chi connectivity index (χ3v) is 3.23. The average molecular weight is 313 g/mol. The van der Waals surface area contributed by atoms with Crippen molar-refractivity contribution in [3.05, 3.63) is 58.9 Å². The highest BCUT2D eigenvalue weighted by Crippen LogP contribution is 2.20. The van der Waals surface area contributed by atoms with Crippen LogP contribution in [-0.2, 0) is 4.74 Å². The fraction of sp³-hybridized carbons (Fsp3) is 0.125. The zero-order valence-electron chi connectivity index (χ0n) is 12.5. The van der Waals surface area contributed by atoms with Crippen molar-refractivity contribution in [3.8, 4) is 0 Å². The molecule has 1 N–H and O–H groups in total. The number of nitrogens with one attached hydrogen (secondary N) is 1. The molecule has 1 aromatic heterocycles. The number of methoxy groups -OCH3 is 1. The van der Waals surface area contributed by atoms with Gasteiger partial charge in [-0.3, -0.25) is 9.78 Å². The van der Waals surface area contributed by atoms with Gasteiger partial charge in [0, 0.05) is 11.9 Å². The third kappa shape index (κ3) is 3.34. The van der Waals surface area contributed by atoms with Crippen molar-refractivity contribution >= 4 is 23.5 Å². The van der Waals surface area contributed by atoms with Crippen molar-refractivity contribution in [2.24, 2.45) is 0 Å². The first-order valence-corrected chi connectivity index (χ1v) is 6.61. The Labute approximate surface area is 131 Å². The number of hydrogen-bond acceptors (Lipinski definition) is 6. The lowest BCUT2D eigenvalue weighted by molar-refractivity contribution is -0.255. The molecular formula is C16H13N2O5-. The first kappa shape index (κ1) is 16.2. The first-order chi connectivity index (χ1) is 11.0. The molecule has 7 nitrogen and oxygen atoms in total. The van der Waals surface area contributed by atoms with Gasteiger partial charge in [0.1, 0.15) is 0 Å². The molecule has 1 aromatic carbocycles. The van der Waals surface area contributed by atoms with Crippen LogP contribution in [0.2, 0.25) is 0 Å². The quantitative estimate of drug-likeness (QED) is 0.836. The van der Waals surface area contributed by atoms with E-state index in [9.17, 15) is 19.5 Å². The van der Waals surface area contributed by atoms with Crippen LogP contribution < -0.4 is 10.4 Å². The van der Waals surface area contributed by atoms with Gasteiger partial charge in [-0.2, -0.15) is 0 Å². The molecule has 1 heterocycles. The molecule has 0 aliphatic heterocycles. The van der Waals surface area contributed by atoms with Gasteiger partial charge in [0.25, 0.3) is 5.91 Å². The van der Waals surface area contributed by atoms with Crippen LogP contribution in [0, 0.1) is 6.92 Å². The van der Waals surface area contributed by atoms with Gasteiger partial charge in [0.15, 0.2) is 0 Å². The van der Waals surface area contributed by atoms with Crippen LogP contribution in [0.3, 0.4) is 0 Å². The Bertz CT molecular complexity index is 786. The normalized spacial score (nSPS) is 10.0. The molecule has 2 aromatic rings. The second kappa shape index (κ2) is 6.69. The molecule has 118 valence electrons. The number of hydrogen-bond donors (Lipinski definition) is 1. The molecule has 2 rings (SSSR count). The van der Waals surface area contributed by atoms with Crippen LogP contribution in [0.1, 0.15) is 36.8 Å². The molecule has 0 atom stereocenters. The Hall–Kier alpha value is -3.22. The number of carboxylic acid groups (broad SMARTS) is 1. The summed E-state index contributed by atoms with van der Waals surface area (Å²) in [5, 5.41) is 13.6. The largest absolute Gasteiger partial charge is 0.543 e. The highest BCUT2D eigenvalue weighted by atomic mass is 16.5. The van der Waals surface area contributed by atoms with Gasteiger partial charge in [0.2, 0.25) is 0 Å². The summed E-state index contributed by atoms with van der Waals surface area (Å²) in [5.41, 5.74) is 0.594. The molecule has 23 heavy (non-hydrogen) atoms. The number of anilines is 1. The zero-order chi connectivity index (χ0) is 17.0. The number of carbonyl (C=O) groups is 3. The monoisotopic (exact) mass is 313 g/mol. The number of rotatable bonds is 4. The lowest BCUT2D eigenvalue weighted by Crippen LogP contribution is -2.28. The molecule has 0 fully saturated rings. The fourth-order valence-electron chi connectivity index (χ4n) is 2.04. The summed E-state index contributed by atoms with van der Waals surface area (Å²) in [6.45, 7) is 1.64. The predicted molar refractivity (Wildman–Crippen MR) is 79.0 cm³/mol. The number of carboxylic acids is 1. The summed E-state index contributed by atoms with van der Waals surface area (Å²) >= 11 is 0. The van der Waals surface area contributed by atoms with Gasteiger partial charge in [-0.05, 0) is 36.8 Å². The van der Waals surface area contributed by atoms with Crippen molar-refractivity contribution in [1.29, 1.82) is 0 Å². The second-order valence-electron chi connectivity index (χ2n) is 4.61. The maximum atomic E-state index is 12.3. The van der Waals surface area contributed by atoms with Crippen molar-refractivity contribution in [2.75, 3.05) is 12.4 Å². The summed E-state index contributed by atoms with van der Waals surface area (Å²) in [4.78, 5) is 38.6. The zero-order valence-corrected chi connectivity index (χ0v) is 12.5.